The SMILES string of the molecule is COc1ccc(NC(=O)c2sccc2S(=O)(=O)N(C)c2ccc(F)cc2)cc1OC. The van der Waals surface area contributed by atoms with Crippen LogP contribution in [0, 0.1) is 5.82 Å². The van der Waals surface area contributed by atoms with E-state index < -0.39 is 21.7 Å². The van der Waals surface area contributed by atoms with Gasteiger partial charge in [-0.3, -0.25) is 9.10 Å². The Labute approximate surface area is 177 Å². The van der Waals surface area contributed by atoms with E-state index in [1.54, 1.807) is 18.2 Å². The Bertz CT molecular complexity index is 1160. The summed E-state index contributed by atoms with van der Waals surface area (Å²) in [7, 11) is 0.274. The van der Waals surface area contributed by atoms with Crippen LogP contribution in [0.4, 0.5) is 15.8 Å². The average molecular weight is 451 g/mol. The highest BCUT2D eigenvalue weighted by atomic mass is 32.2. The van der Waals surface area contributed by atoms with Gasteiger partial charge in [0.25, 0.3) is 15.9 Å². The number of hydrogen-bond donors (Lipinski definition) is 1. The number of nitrogens with one attached hydrogen (secondary N) is 1. The van der Waals surface area contributed by atoms with Gasteiger partial charge in [-0.2, -0.15) is 0 Å². The van der Waals surface area contributed by atoms with Gasteiger partial charge in [-0.1, -0.05) is 0 Å². The number of nitrogens with zero attached hydrogens (tertiary/aromatic N) is 1. The van der Waals surface area contributed by atoms with Crippen molar-refractivity contribution in [1.82, 2.24) is 0 Å². The van der Waals surface area contributed by atoms with Crippen molar-refractivity contribution >= 4 is 38.6 Å². The molecule has 10 heteroatoms. The molecule has 0 unspecified atom stereocenters. The third kappa shape index (κ3) is 4.24. The number of hydrogen-bond acceptors (Lipinski definition) is 6. The molecule has 1 amide bonds. The lowest BCUT2D eigenvalue weighted by molar-refractivity contribution is 0.102. The van der Waals surface area contributed by atoms with Crippen LogP contribution in [0.25, 0.3) is 0 Å². The topological polar surface area (TPSA) is 84.9 Å². The lowest BCUT2D eigenvalue weighted by Gasteiger charge is -2.19. The Kier molecular flexibility index (Phi) is 6.28. The molecule has 0 aliphatic heterocycles. The second-order valence-electron chi connectivity index (χ2n) is 6.09. The molecule has 0 aliphatic rings. The zero-order valence-electron chi connectivity index (χ0n) is 16.4. The van der Waals surface area contributed by atoms with Crippen molar-refractivity contribution in [3.63, 3.8) is 0 Å². The van der Waals surface area contributed by atoms with Gasteiger partial charge in [-0.05, 0) is 47.8 Å². The van der Waals surface area contributed by atoms with Crippen LogP contribution in [-0.4, -0.2) is 35.6 Å². The van der Waals surface area contributed by atoms with Crippen LogP contribution < -0.4 is 19.1 Å². The Morgan fingerprint density at radius 1 is 1.03 bits per heavy atom. The molecule has 30 heavy (non-hydrogen) atoms. The van der Waals surface area contributed by atoms with Gasteiger partial charge in [0, 0.05) is 18.8 Å². The largest absolute Gasteiger partial charge is 0.493 e. The van der Waals surface area contributed by atoms with Crippen LogP contribution in [0.3, 0.4) is 0 Å². The Morgan fingerprint density at radius 2 is 1.70 bits per heavy atom. The van der Waals surface area contributed by atoms with E-state index in [4.69, 9.17) is 9.47 Å². The molecule has 0 bridgehead atoms. The zero-order valence-corrected chi connectivity index (χ0v) is 18.0. The van der Waals surface area contributed by atoms with Crippen molar-refractivity contribution in [2.24, 2.45) is 0 Å². The molecule has 0 radical (unpaired) electrons. The van der Waals surface area contributed by atoms with Crippen LogP contribution in [0.5, 0.6) is 11.5 Å². The van der Waals surface area contributed by atoms with Crippen LogP contribution in [0.1, 0.15) is 9.67 Å². The number of thiophene rings is 1. The summed E-state index contributed by atoms with van der Waals surface area (Å²) in [5, 5.41) is 4.20. The molecular formula is C20H19FN2O5S2. The zero-order chi connectivity index (χ0) is 21.9. The number of halogens is 1. The maximum absolute atomic E-state index is 13.2. The van der Waals surface area contributed by atoms with Crippen molar-refractivity contribution in [1.29, 1.82) is 0 Å². The van der Waals surface area contributed by atoms with Crippen LogP contribution in [-0.2, 0) is 10.0 Å². The van der Waals surface area contributed by atoms with E-state index in [0.29, 0.717) is 17.2 Å². The molecule has 0 saturated carbocycles. The first-order chi connectivity index (χ1) is 14.3. The first-order valence-corrected chi connectivity index (χ1v) is 10.9. The Hall–Kier alpha value is -3.11. The van der Waals surface area contributed by atoms with E-state index >= 15 is 0 Å². The third-order valence-electron chi connectivity index (χ3n) is 4.31. The van der Waals surface area contributed by atoms with Crippen molar-refractivity contribution < 1.29 is 27.1 Å². The molecule has 0 fully saturated rings. The van der Waals surface area contributed by atoms with Gasteiger partial charge < -0.3 is 14.8 Å². The van der Waals surface area contributed by atoms with Crippen LogP contribution in [0.15, 0.2) is 58.8 Å². The van der Waals surface area contributed by atoms with Gasteiger partial charge in [-0.25, -0.2) is 12.8 Å². The highest BCUT2D eigenvalue weighted by Gasteiger charge is 2.28. The molecule has 1 N–H and O–H groups in total. The second-order valence-corrected chi connectivity index (χ2v) is 8.94. The molecule has 7 nitrogen and oxygen atoms in total. The highest BCUT2D eigenvalue weighted by molar-refractivity contribution is 7.93. The molecule has 2 aromatic carbocycles. The highest BCUT2D eigenvalue weighted by Crippen LogP contribution is 2.32. The summed E-state index contributed by atoms with van der Waals surface area (Å²) in [4.78, 5) is 12.7. The molecule has 3 rings (SSSR count). The van der Waals surface area contributed by atoms with Gasteiger partial charge >= 0.3 is 0 Å². The predicted octanol–water partition coefficient (Wildman–Crippen LogP) is 3.98. The van der Waals surface area contributed by atoms with Crippen molar-refractivity contribution in [2.45, 2.75) is 4.90 Å². The third-order valence-corrected chi connectivity index (χ3v) is 7.18. The summed E-state index contributed by atoms with van der Waals surface area (Å²) in [6, 6.07) is 11.2. The van der Waals surface area contributed by atoms with Gasteiger partial charge in [-0.15, -0.1) is 11.3 Å². The van der Waals surface area contributed by atoms with E-state index in [1.165, 1.54) is 57.0 Å². The summed E-state index contributed by atoms with van der Waals surface area (Å²) >= 11 is 1.00. The number of rotatable bonds is 7. The van der Waals surface area contributed by atoms with Gasteiger partial charge in [0.1, 0.15) is 15.6 Å². The van der Waals surface area contributed by atoms with E-state index in [2.05, 4.69) is 5.32 Å². The quantitative estimate of drug-likeness (QED) is 0.589. The molecule has 0 aliphatic carbocycles. The molecule has 158 valence electrons. The smallest absolute Gasteiger partial charge is 0.267 e. The fourth-order valence-corrected chi connectivity index (χ4v) is 5.20. The maximum atomic E-state index is 13.2. The Morgan fingerprint density at radius 3 is 2.33 bits per heavy atom. The summed E-state index contributed by atoms with van der Waals surface area (Å²) in [6.07, 6.45) is 0. The Balaban J connectivity index is 1.88. The predicted molar refractivity (Wildman–Crippen MR) is 114 cm³/mol. The molecule has 0 saturated heterocycles. The fourth-order valence-electron chi connectivity index (χ4n) is 2.71. The normalized spacial score (nSPS) is 11.1. The fraction of sp³-hybridized carbons (Fsp3) is 0.150. The van der Waals surface area contributed by atoms with Gasteiger partial charge in [0.15, 0.2) is 11.5 Å². The van der Waals surface area contributed by atoms with E-state index in [-0.39, 0.29) is 15.5 Å². The number of amides is 1. The molecule has 3 aromatic rings. The number of methoxy groups -OCH3 is 2. The van der Waals surface area contributed by atoms with E-state index in [1.807, 2.05) is 0 Å². The van der Waals surface area contributed by atoms with Crippen molar-refractivity contribution in [3.8, 4) is 11.5 Å². The molecule has 0 spiro atoms. The number of ether oxygens (including phenoxy) is 2. The van der Waals surface area contributed by atoms with Crippen LogP contribution >= 0.6 is 11.3 Å². The molecule has 1 aromatic heterocycles. The molecule has 0 atom stereocenters. The van der Waals surface area contributed by atoms with E-state index in [0.717, 1.165) is 15.6 Å². The maximum Gasteiger partial charge on any atom is 0.267 e. The lowest BCUT2D eigenvalue weighted by Crippen LogP contribution is -2.28. The van der Waals surface area contributed by atoms with E-state index in [9.17, 15) is 17.6 Å². The number of sulfonamides is 1. The first kappa shape index (κ1) is 21.6. The standard InChI is InChI=1S/C20H19FN2O5S2/c1-23(15-7-4-13(21)5-8-15)30(25,26)18-10-11-29-19(18)20(24)22-14-6-9-16(27-2)17(12-14)28-3/h4-12H,1-3H3,(H,22,24). The monoisotopic (exact) mass is 450 g/mol. The minimum absolute atomic E-state index is 0.0266. The van der Waals surface area contributed by atoms with Crippen molar-refractivity contribution in [3.05, 3.63) is 64.6 Å². The number of carbonyl (C=O) groups excluding carboxylic acids is 1. The first-order valence-electron chi connectivity index (χ1n) is 8.63. The summed E-state index contributed by atoms with van der Waals surface area (Å²) in [5.41, 5.74) is 0.690. The summed E-state index contributed by atoms with van der Waals surface area (Å²) < 4.78 is 50.7. The number of anilines is 2. The number of carbonyl (C=O) groups is 1. The second kappa shape index (κ2) is 8.72. The minimum atomic E-state index is -4.04. The molecule has 1 heterocycles. The molecular weight excluding hydrogens is 431 g/mol. The van der Waals surface area contributed by atoms with Gasteiger partial charge in [0.05, 0.1) is 19.9 Å². The average Bonchev–Trinajstić information content (AvgIpc) is 3.24. The van der Waals surface area contributed by atoms with Crippen LogP contribution in [0.2, 0.25) is 0 Å². The van der Waals surface area contributed by atoms with Gasteiger partial charge in [0.2, 0.25) is 0 Å². The summed E-state index contributed by atoms with van der Waals surface area (Å²) in [5.74, 6) is -0.139. The lowest BCUT2D eigenvalue weighted by atomic mass is 10.2. The minimum Gasteiger partial charge on any atom is -0.493 e. The summed E-state index contributed by atoms with van der Waals surface area (Å²) in [6.45, 7) is 0. The number of benzene rings is 2. The van der Waals surface area contributed by atoms with Crippen molar-refractivity contribution in [2.75, 3.05) is 30.9 Å².